The van der Waals surface area contributed by atoms with Crippen molar-refractivity contribution in [3.05, 3.63) is 77.1 Å². The normalized spacial score (nSPS) is 16.2. The third kappa shape index (κ3) is 6.39. The second kappa shape index (κ2) is 11.1. The molecule has 1 aliphatic heterocycles. The number of carbonyl (C=O) groups is 1. The fraction of sp³-hybridized carbons (Fsp3) is 0.379. The van der Waals surface area contributed by atoms with Crippen LogP contribution < -0.4 is 10.6 Å². The highest BCUT2D eigenvalue weighted by atomic mass is 19.3. The average Bonchev–Trinajstić information content (AvgIpc) is 3.33. The second-order valence-electron chi connectivity index (χ2n) is 10.2. The van der Waals surface area contributed by atoms with E-state index < -0.39 is 5.92 Å². The van der Waals surface area contributed by atoms with Gasteiger partial charge in [-0.25, -0.2) is 18.7 Å². The molecule has 0 aliphatic carbocycles. The van der Waals surface area contributed by atoms with E-state index in [0.717, 1.165) is 28.8 Å². The molecule has 10 heteroatoms. The molecule has 2 aromatic heterocycles. The van der Waals surface area contributed by atoms with Crippen molar-refractivity contribution in [3.63, 3.8) is 0 Å². The van der Waals surface area contributed by atoms with Crippen LogP contribution in [0.4, 0.5) is 20.3 Å². The molecule has 0 saturated carbocycles. The molecule has 0 bridgehead atoms. The number of nitrogens with zero attached hydrogens (tertiary/aromatic N) is 5. The van der Waals surface area contributed by atoms with Crippen molar-refractivity contribution in [2.24, 2.45) is 0 Å². The molecule has 2 aromatic carbocycles. The van der Waals surface area contributed by atoms with Crippen molar-refractivity contribution in [1.82, 2.24) is 24.6 Å². The van der Waals surface area contributed by atoms with Crippen LogP contribution in [0.1, 0.15) is 59.8 Å². The van der Waals surface area contributed by atoms with E-state index in [-0.39, 0.29) is 24.8 Å². The Morgan fingerprint density at radius 3 is 2.69 bits per heavy atom. The van der Waals surface area contributed by atoms with Crippen LogP contribution in [0, 0.1) is 6.92 Å². The molecule has 39 heavy (non-hydrogen) atoms. The zero-order chi connectivity index (χ0) is 27.6. The number of alkyl halides is 2. The van der Waals surface area contributed by atoms with Gasteiger partial charge in [0.15, 0.2) is 0 Å². The Kier molecular flexibility index (Phi) is 7.56. The Bertz CT molecular complexity index is 1480. The van der Waals surface area contributed by atoms with Gasteiger partial charge >= 0.3 is 0 Å². The summed E-state index contributed by atoms with van der Waals surface area (Å²) in [5.41, 5.74) is 5.56. The Labute approximate surface area is 226 Å². The van der Waals surface area contributed by atoms with Crippen molar-refractivity contribution >= 4 is 28.6 Å². The molecule has 1 saturated heterocycles. The number of anilines is 2. The molecule has 0 radical (unpaired) electrons. The first kappa shape index (κ1) is 26.7. The molecule has 1 amide bonds. The van der Waals surface area contributed by atoms with Crippen molar-refractivity contribution < 1.29 is 13.6 Å². The summed E-state index contributed by atoms with van der Waals surface area (Å²) in [6.07, 6.45) is 3.35. The fourth-order valence-electron chi connectivity index (χ4n) is 4.76. The molecule has 2 N–H and O–H groups in total. The summed E-state index contributed by atoms with van der Waals surface area (Å²) in [6, 6.07) is 13.1. The van der Waals surface area contributed by atoms with E-state index >= 15 is 0 Å². The number of carbonyl (C=O) groups excluding carboxylic acids is 1. The van der Waals surface area contributed by atoms with Crippen molar-refractivity contribution in [2.75, 3.05) is 23.7 Å². The highest BCUT2D eigenvalue weighted by Crippen LogP contribution is 2.29. The molecule has 204 valence electrons. The Balaban J connectivity index is 1.21. The quantitative estimate of drug-likeness (QED) is 0.297. The topological polar surface area (TPSA) is 88.0 Å². The lowest BCUT2D eigenvalue weighted by molar-refractivity contribution is -0.0566. The molecule has 8 nitrogen and oxygen atoms in total. The van der Waals surface area contributed by atoms with Gasteiger partial charge in [-0.2, -0.15) is 5.10 Å². The molecule has 0 spiro atoms. The monoisotopic (exact) mass is 533 g/mol. The van der Waals surface area contributed by atoms with E-state index in [0.29, 0.717) is 42.4 Å². The predicted molar refractivity (Wildman–Crippen MR) is 148 cm³/mol. The van der Waals surface area contributed by atoms with Gasteiger partial charge in [-0.3, -0.25) is 14.4 Å². The summed E-state index contributed by atoms with van der Waals surface area (Å²) in [7, 11) is 0. The molecular formula is C29H33F2N7O. The molecule has 1 fully saturated rings. The molecule has 0 unspecified atom stereocenters. The summed E-state index contributed by atoms with van der Waals surface area (Å²) in [5.74, 6) is -2.14. The second-order valence-corrected chi connectivity index (χ2v) is 10.2. The number of benzene rings is 2. The highest BCUT2D eigenvalue weighted by molar-refractivity contribution is 6.04. The van der Waals surface area contributed by atoms with Crippen LogP contribution in [-0.2, 0) is 13.1 Å². The van der Waals surface area contributed by atoms with Crippen molar-refractivity contribution in [1.29, 1.82) is 0 Å². The number of rotatable bonds is 8. The largest absolute Gasteiger partial charge is 0.362 e. The highest BCUT2D eigenvalue weighted by Gasteiger charge is 2.33. The smallest absolute Gasteiger partial charge is 0.255 e. The lowest BCUT2D eigenvalue weighted by atomic mass is 10.0. The van der Waals surface area contributed by atoms with Crippen LogP contribution in [0.25, 0.3) is 11.2 Å². The zero-order valence-electron chi connectivity index (χ0n) is 22.4. The number of aryl methyl sites for hydroxylation is 2. The first-order valence-corrected chi connectivity index (χ1v) is 13.3. The molecule has 1 atom stereocenters. The number of fused-ring (bicyclic) bond motifs is 1. The van der Waals surface area contributed by atoms with E-state index in [4.69, 9.17) is 0 Å². The van der Waals surface area contributed by atoms with E-state index in [1.165, 1.54) is 0 Å². The summed E-state index contributed by atoms with van der Waals surface area (Å²) in [5, 5.41) is 10.8. The molecule has 5 rings (SSSR count). The number of nitrogens with one attached hydrogen (secondary N) is 2. The Morgan fingerprint density at radius 1 is 1.15 bits per heavy atom. The molecule has 4 aromatic rings. The van der Waals surface area contributed by atoms with Gasteiger partial charge in [0, 0.05) is 50.3 Å². The lowest BCUT2D eigenvalue weighted by Crippen LogP contribution is -2.38. The first-order valence-electron chi connectivity index (χ1n) is 13.3. The van der Waals surface area contributed by atoms with Crippen LogP contribution in [0.15, 0.2) is 54.9 Å². The number of likely N-dealkylation sites (tertiary alicyclic amines) is 1. The van der Waals surface area contributed by atoms with Gasteiger partial charge in [-0.05, 0) is 61.7 Å². The van der Waals surface area contributed by atoms with Gasteiger partial charge in [0.05, 0.1) is 18.4 Å². The minimum atomic E-state index is -2.56. The third-order valence-corrected chi connectivity index (χ3v) is 7.20. The van der Waals surface area contributed by atoms with Crippen LogP contribution in [0.3, 0.4) is 0 Å². The van der Waals surface area contributed by atoms with E-state index in [1.54, 1.807) is 16.9 Å². The van der Waals surface area contributed by atoms with Gasteiger partial charge in [-0.15, -0.1) is 0 Å². The van der Waals surface area contributed by atoms with E-state index in [1.807, 2.05) is 68.3 Å². The standard InChI is InChI=1S/C29H33F2N7O/c1-4-38-18-25-27(36-38)35-26(16-32-25)33-20(3)21-6-5-7-24(15-21)34-28(39)22-8-9-23(19(2)14-22)17-37-12-10-29(30,31)11-13-37/h5-9,14-16,18,20H,4,10-13,17H2,1-3H3,(H,34,39)(H,33,35,36)/t20-/m0/s1. The van der Waals surface area contributed by atoms with E-state index in [9.17, 15) is 13.6 Å². The SMILES string of the molecule is CCn1cc2ncc(N[C@@H](C)c3cccc(NC(=O)c4ccc(CN5CCC(F)(F)CC5)c(C)c4)c3)nc2n1. The number of hydrogen-bond acceptors (Lipinski definition) is 6. The Hall–Kier alpha value is -3.92. The molecule has 3 heterocycles. The van der Waals surface area contributed by atoms with Gasteiger partial charge in [0.2, 0.25) is 5.65 Å². The summed E-state index contributed by atoms with van der Waals surface area (Å²) in [4.78, 5) is 24.1. The minimum Gasteiger partial charge on any atom is -0.362 e. The maximum atomic E-state index is 13.5. The zero-order valence-corrected chi connectivity index (χ0v) is 22.4. The summed E-state index contributed by atoms with van der Waals surface area (Å²) >= 11 is 0. The number of piperidine rings is 1. The molecule has 1 aliphatic rings. The maximum Gasteiger partial charge on any atom is 0.255 e. The number of halogens is 2. The Morgan fingerprint density at radius 2 is 1.95 bits per heavy atom. The third-order valence-electron chi connectivity index (χ3n) is 7.20. The van der Waals surface area contributed by atoms with Crippen LogP contribution in [0.5, 0.6) is 0 Å². The van der Waals surface area contributed by atoms with Crippen molar-refractivity contribution in [2.45, 2.75) is 58.7 Å². The number of amides is 1. The van der Waals surface area contributed by atoms with Crippen molar-refractivity contribution in [3.8, 4) is 0 Å². The van der Waals surface area contributed by atoms with Crippen LogP contribution >= 0.6 is 0 Å². The lowest BCUT2D eigenvalue weighted by Gasteiger charge is -2.32. The summed E-state index contributed by atoms with van der Waals surface area (Å²) < 4.78 is 28.7. The summed E-state index contributed by atoms with van der Waals surface area (Å²) in [6.45, 7) is 8.09. The van der Waals surface area contributed by atoms with Crippen LogP contribution in [-0.4, -0.2) is 49.6 Å². The average molecular weight is 534 g/mol. The first-order chi connectivity index (χ1) is 18.7. The number of hydrogen-bond donors (Lipinski definition) is 2. The van der Waals surface area contributed by atoms with Gasteiger partial charge in [-0.1, -0.05) is 18.2 Å². The molecular weight excluding hydrogens is 500 g/mol. The fourth-order valence-corrected chi connectivity index (χ4v) is 4.76. The van der Waals surface area contributed by atoms with Gasteiger partial charge in [0.25, 0.3) is 11.8 Å². The van der Waals surface area contributed by atoms with E-state index in [2.05, 4.69) is 25.7 Å². The number of aromatic nitrogens is 4. The minimum absolute atomic E-state index is 0.0851. The predicted octanol–water partition coefficient (Wildman–Crippen LogP) is 5.81. The van der Waals surface area contributed by atoms with Gasteiger partial charge < -0.3 is 10.6 Å². The van der Waals surface area contributed by atoms with Gasteiger partial charge in [0.1, 0.15) is 11.3 Å². The van der Waals surface area contributed by atoms with Crippen LogP contribution in [0.2, 0.25) is 0 Å². The maximum absolute atomic E-state index is 13.5.